The van der Waals surface area contributed by atoms with Crippen molar-refractivity contribution in [1.29, 1.82) is 0 Å². The summed E-state index contributed by atoms with van der Waals surface area (Å²) in [7, 11) is 0. The molecule has 17 heavy (non-hydrogen) atoms. The molecule has 0 fully saturated rings. The molecule has 1 aromatic heterocycles. The van der Waals surface area contributed by atoms with Gasteiger partial charge in [0, 0.05) is 23.6 Å². The third-order valence-electron chi connectivity index (χ3n) is 2.42. The molecule has 0 bridgehead atoms. The maximum absolute atomic E-state index is 12.3. The van der Waals surface area contributed by atoms with Gasteiger partial charge in [0.15, 0.2) is 0 Å². The lowest BCUT2D eigenvalue weighted by Gasteiger charge is -2.09. The fourth-order valence-electron chi connectivity index (χ4n) is 1.50. The minimum atomic E-state index is -2.47. The quantitative estimate of drug-likeness (QED) is 0.908. The normalized spacial score (nSPS) is 12.9. The summed E-state index contributed by atoms with van der Waals surface area (Å²) >= 11 is 1.46. The van der Waals surface area contributed by atoms with Gasteiger partial charge in [0.05, 0.1) is 11.1 Å². The van der Waals surface area contributed by atoms with E-state index in [0.29, 0.717) is 12.0 Å². The first-order chi connectivity index (χ1) is 8.16. The van der Waals surface area contributed by atoms with Crippen LogP contribution >= 0.6 is 11.3 Å². The van der Waals surface area contributed by atoms with Gasteiger partial charge in [-0.15, -0.1) is 11.3 Å². The zero-order chi connectivity index (χ0) is 12.3. The van der Waals surface area contributed by atoms with E-state index in [1.807, 2.05) is 5.38 Å². The van der Waals surface area contributed by atoms with E-state index in [-0.39, 0.29) is 5.56 Å². The standard InChI is InChI=1S/C12H11F2NOS/c13-12(14)9-3-1-8(2-4-9)10(16)7-11-15-5-6-17-11/h1-6,10,12,16H,7H2. The number of halogens is 2. The Balaban J connectivity index is 2.06. The van der Waals surface area contributed by atoms with E-state index in [0.717, 1.165) is 5.01 Å². The Morgan fingerprint density at radius 1 is 1.18 bits per heavy atom. The summed E-state index contributed by atoms with van der Waals surface area (Å²) in [5.74, 6) is 0. The Bertz CT molecular complexity index is 456. The first-order valence-corrected chi connectivity index (χ1v) is 5.99. The van der Waals surface area contributed by atoms with E-state index >= 15 is 0 Å². The summed E-state index contributed by atoms with van der Waals surface area (Å²) in [5.41, 5.74) is 0.597. The molecule has 1 atom stereocenters. The van der Waals surface area contributed by atoms with Crippen molar-refractivity contribution in [3.63, 3.8) is 0 Å². The van der Waals surface area contributed by atoms with Crippen LogP contribution in [0.3, 0.4) is 0 Å². The molecule has 90 valence electrons. The van der Waals surface area contributed by atoms with Gasteiger partial charge in [-0.3, -0.25) is 0 Å². The molecule has 2 rings (SSSR count). The van der Waals surface area contributed by atoms with E-state index in [2.05, 4.69) is 4.98 Å². The Hall–Kier alpha value is -1.33. The van der Waals surface area contributed by atoms with Crippen molar-refractivity contribution in [3.8, 4) is 0 Å². The van der Waals surface area contributed by atoms with Gasteiger partial charge in [-0.05, 0) is 5.56 Å². The van der Waals surface area contributed by atoms with Gasteiger partial charge in [-0.25, -0.2) is 13.8 Å². The van der Waals surface area contributed by atoms with Crippen LogP contribution < -0.4 is 0 Å². The monoisotopic (exact) mass is 255 g/mol. The molecule has 0 amide bonds. The van der Waals surface area contributed by atoms with Gasteiger partial charge < -0.3 is 5.11 Å². The second-order valence-corrected chi connectivity index (χ2v) is 4.59. The highest BCUT2D eigenvalue weighted by molar-refractivity contribution is 7.09. The Labute approximate surface area is 102 Å². The van der Waals surface area contributed by atoms with Crippen LogP contribution in [0.1, 0.15) is 28.7 Å². The lowest BCUT2D eigenvalue weighted by molar-refractivity contribution is 0.151. The predicted octanol–water partition coefficient (Wildman–Crippen LogP) is 3.36. The van der Waals surface area contributed by atoms with Crippen molar-refractivity contribution in [2.24, 2.45) is 0 Å². The van der Waals surface area contributed by atoms with Crippen LogP contribution in [-0.2, 0) is 6.42 Å². The largest absolute Gasteiger partial charge is 0.388 e. The summed E-state index contributed by atoms with van der Waals surface area (Å²) in [5, 5.41) is 12.6. The molecule has 1 heterocycles. The number of aromatic nitrogens is 1. The van der Waals surface area contributed by atoms with E-state index < -0.39 is 12.5 Å². The Morgan fingerprint density at radius 2 is 1.82 bits per heavy atom. The molecule has 0 spiro atoms. The van der Waals surface area contributed by atoms with Gasteiger partial charge >= 0.3 is 0 Å². The average molecular weight is 255 g/mol. The van der Waals surface area contributed by atoms with Crippen LogP contribution in [0.2, 0.25) is 0 Å². The highest BCUT2D eigenvalue weighted by Gasteiger charge is 2.12. The zero-order valence-electron chi connectivity index (χ0n) is 8.88. The molecule has 5 heteroatoms. The minimum Gasteiger partial charge on any atom is -0.388 e. The van der Waals surface area contributed by atoms with Gasteiger partial charge in [0.1, 0.15) is 0 Å². The molecule has 2 nitrogen and oxygen atoms in total. The highest BCUT2D eigenvalue weighted by atomic mass is 32.1. The molecule has 2 aromatic rings. The smallest absolute Gasteiger partial charge is 0.263 e. The number of thiazole rings is 1. The second kappa shape index (κ2) is 5.33. The Morgan fingerprint density at radius 3 is 2.35 bits per heavy atom. The predicted molar refractivity (Wildman–Crippen MR) is 62.2 cm³/mol. The fourth-order valence-corrected chi connectivity index (χ4v) is 2.16. The van der Waals surface area contributed by atoms with E-state index in [4.69, 9.17) is 0 Å². The lowest BCUT2D eigenvalue weighted by atomic mass is 10.1. The van der Waals surface area contributed by atoms with Gasteiger partial charge in [-0.1, -0.05) is 24.3 Å². The van der Waals surface area contributed by atoms with E-state index in [9.17, 15) is 13.9 Å². The van der Waals surface area contributed by atoms with Crippen molar-refractivity contribution < 1.29 is 13.9 Å². The first-order valence-electron chi connectivity index (χ1n) is 5.11. The minimum absolute atomic E-state index is 0.0322. The van der Waals surface area contributed by atoms with Gasteiger partial charge in [0.25, 0.3) is 6.43 Å². The number of rotatable bonds is 4. The van der Waals surface area contributed by atoms with Gasteiger partial charge in [-0.2, -0.15) is 0 Å². The van der Waals surface area contributed by atoms with Crippen molar-refractivity contribution in [2.75, 3.05) is 0 Å². The summed E-state index contributed by atoms with van der Waals surface area (Å²) in [6.45, 7) is 0. The third-order valence-corrected chi connectivity index (χ3v) is 3.23. The second-order valence-electron chi connectivity index (χ2n) is 3.61. The van der Waals surface area contributed by atoms with Crippen molar-refractivity contribution in [3.05, 3.63) is 52.0 Å². The molecule has 1 N–H and O–H groups in total. The Kier molecular flexibility index (Phi) is 3.81. The van der Waals surface area contributed by atoms with Crippen molar-refractivity contribution in [2.45, 2.75) is 19.0 Å². The SMILES string of the molecule is OC(Cc1nccs1)c1ccc(C(F)F)cc1. The van der Waals surface area contributed by atoms with Crippen LogP contribution in [-0.4, -0.2) is 10.1 Å². The molecule has 1 unspecified atom stereocenters. The molecule has 0 saturated carbocycles. The molecular weight excluding hydrogens is 244 g/mol. The zero-order valence-corrected chi connectivity index (χ0v) is 9.70. The first kappa shape index (κ1) is 12.1. The molecule has 0 aliphatic carbocycles. The van der Waals surface area contributed by atoms with Crippen LogP contribution in [0.5, 0.6) is 0 Å². The van der Waals surface area contributed by atoms with Crippen molar-refractivity contribution in [1.82, 2.24) is 4.98 Å². The maximum atomic E-state index is 12.3. The topological polar surface area (TPSA) is 33.1 Å². The average Bonchev–Trinajstić information content (AvgIpc) is 2.82. The maximum Gasteiger partial charge on any atom is 0.263 e. The molecule has 0 aliphatic heterocycles. The number of benzene rings is 1. The van der Waals surface area contributed by atoms with Crippen LogP contribution in [0, 0.1) is 0 Å². The summed E-state index contributed by atoms with van der Waals surface area (Å²) in [6, 6.07) is 5.73. The summed E-state index contributed by atoms with van der Waals surface area (Å²) in [4.78, 5) is 4.07. The number of aliphatic hydroxyl groups excluding tert-OH is 1. The number of aliphatic hydroxyl groups is 1. The summed E-state index contributed by atoms with van der Waals surface area (Å²) < 4.78 is 24.7. The fraction of sp³-hybridized carbons (Fsp3) is 0.250. The van der Waals surface area contributed by atoms with Crippen molar-refractivity contribution >= 4 is 11.3 Å². The molecule has 0 radical (unpaired) electrons. The van der Waals surface area contributed by atoms with E-state index in [1.165, 1.54) is 35.6 Å². The molecule has 0 saturated heterocycles. The molecule has 1 aromatic carbocycles. The van der Waals surface area contributed by atoms with Crippen LogP contribution in [0.4, 0.5) is 8.78 Å². The lowest BCUT2D eigenvalue weighted by Crippen LogP contribution is -2.01. The number of nitrogens with zero attached hydrogens (tertiary/aromatic N) is 1. The number of hydrogen-bond donors (Lipinski definition) is 1. The van der Waals surface area contributed by atoms with Crippen LogP contribution in [0.15, 0.2) is 35.8 Å². The third kappa shape index (κ3) is 3.08. The molecule has 0 aliphatic rings. The number of alkyl halides is 2. The summed E-state index contributed by atoms with van der Waals surface area (Å²) in [6.07, 6.45) is -1.09. The highest BCUT2D eigenvalue weighted by Crippen LogP contribution is 2.23. The molecular formula is C12H11F2NOS. The van der Waals surface area contributed by atoms with Gasteiger partial charge in [0.2, 0.25) is 0 Å². The van der Waals surface area contributed by atoms with E-state index in [1.54, 1.807) is 6.20 Å². The number of hydrogen-bond acceptors (Lipinski definition) is 3. The van der Waals surface area contributed by atoms with Crippen LogP contribution in [0.25, 0.3) is 0 Å².